The molecule has 0 saturated carbocycles. The highest BCUT2D eigenvalue weighted by Gasteiger charge is 1.70. The van der Waals surface area contributed by atoms with Crippen LogP contribution in [0.2, 0.25) is 0 Å². The lowest BCUT2D eigenvalue weighted by molar-refractivity contribution is 0.824. The molecule has 0 saturated heterocycles. The molecule has 0 aliphatic carbocycles. The van der Waals surface area contributed by atoms with E-state index in [9.17, 15) is 0 Å². The van der Waals surface area contributed by atoms with Crippen molar-refractivity contribution in [1.82, 2.24) is 0 Å². The van der Waals surface area contributed by atoms with Gasteiger partial charge in [-0.25, -0.2) is 0 Å². The Morgan fingerprint density at radius 3 is 2.00 bits per heavy atom. The Morgan fingerprint density at radius 1 is 1.17 bits per heavy atom. The van der Waals surface area contributed by atoms with Gasteiger partial charge in [-0.15, -0.1) is 0 Å². The standard InChI is InChI=1S/C9H12.C2H6.H2O.H2/c1-4-6-7-8-9(3)5-2;1-2;;/h4-8H,1-2H2,3H3;1-2H3;1H2;1H/b7-6+,9-8-;;;. The van der Waals surface area contributed by atoms with E-state index in [1.807, 2.05) is 45.1 Å². The lowest BCUT2D eigenvalue weighted by Gasteiger charge is -1.81. The van der Waals surface area contributed by atoms with Crippen molar-refractivity contribution in [1.29, 1.82) is 0 Å². The summed E-state index contributed by atoms with van der Waals surface area (Å²) in [6, 6.07) is 0. The predicted molar refractivity (Wildman–Crippen MR) is 60.4 cm³/mol. The summed E-state index contributed by atoms with van der Waals surface area (Å²) in [4.78, 5) is 0. The molecule has 0 aromatic heterocycles. The molecule has 0 amide bonds. The maximum Gasteiger partial charge on any atom is 0 e. The van der Waals surface area contributed by atoms with Gasteiger partial charge in [0.25, 0.3) is 0 Å². The first-order valence-electron chi connectivity index (χ1n) is 3.89. The molecule has 0 aliphatic heterocycles. The van der Waals surface area contributed by atoms with Gasteiger partial charge in [0.15, 0.2) is 0 Å². The normalized spacial score (nSPS) is 9.42. The van der Waals surface area contributed by atoms with Gasteiger partial charge in [0.1, 0.15) is 0 Å². The Balaban J connectivity index is -0.0000000941. The molecule has 0 unspecified atom stereocenters. The number of rotatable bonds is 3. The Bertz CT molecular complexity index is 157. The molecule has 0 rings (SSSR count). The first-order valence-corrected chi connectivity index (χ1v) is 3.89. The van der Waals surface area contributed by atoms with Crippen LogP contribution in [0.4, 0.5) is 0 Å². The van der Waals surface area contributed by atoms with E-state index in [-0.39, 0.29) is 6.90 Å². The van der Waals surface area contributed by atoms with Gasteiger partial charge in [0.05, 0.1) is 0 Å². The summed E-state index contributed by atoms with van der Waals surface area (Å²) in [6.07, 6.45) is 9.35. The van der Waals surface area contributed by atoms with E-state index >= 15 is 0 Å². The summed E-state index contributed by atoms with van der Waals surface area (Å²) in [6.45, 7) is 13.2. The third-order valence-corrected chi connectivity index (χ3v) is 0.928. The predicted octanol–water partition coefficient (Wildman–Crippen LogP) is 3.31. The molecule has 1 nitrogen and oxygen atoms in total. The molecule has 0 radical (unpaired) electrons. The molecule has 0 bridgehead atoms. The molecule has 0 aromatic carbocycles. The highest BCUT2D eigenvalue weighted by molar-refractivity contribution is 5.21. The smallest absolute Gasteiger partial charge is 0 e. The second-order valence-electron chi connectivity index (χ2n) is 1.74. The topological polar surface area (TPSA) is 31.5 Å². The van der Waals surface area contributed by atoms with E-state index in [4.69, 9.17) is 0 Å². The second-order valence-corrected chi connectivity index (χ2v) is 1.74. The lowest BCUT2D eigenvalue weighted by atomic mass is 10.3. The van der Waals surface area contributed by atoms with Gasteiger partial charge in [0, 0.05) is 1.43 Å². The minimum Gasteiger partial charge on any atom is -0.412 e. The number of hydrogen-bond acceptors (Lipinski definition) is 0. The van der Waals surface area contributed by atoms with Crippen molar-refractivity contribution in [3.63, 3.8) is 0 Å². The van der Waals surface area contributed by atoms with Crippen molar-refractivity contribution in [2.75, 3.05) is 0 Å². The maximum atomic E-state index is 3.61. The zero-order valence-electron chi connectivity index (χ0n) is 8.30. The van der Waals surface area contributed by atoms with Crippen LogP contribution in [0.25, 0.3) is 0 Å². The van der Waals surface area contributed by atoms with E-state index in [2.05, 4.69) is 13.2 Å². The number of hydrogen-bond donors (Lipinski definition) is 0. The van der Waals surface area contributed by atoms with Crippen LogP contribution in [0.1, 0.15) is 22.2 Å². The van der Waals surface area contributed by atoms with Gasteiger partial charge in [0.2, 0.25) is 0 Å². The summed E-state index contributed by atoms with van der Waals surface area (Å²) in [7, 11) is 0. The fourth-order valence-corrected chi connectivity index (χ4v) is 0.354. The van der Waals surface area contributed by atoms with Crippen LogP contribution in [0.5, 0.6) is 0 Å². The molecular formula is C11H22O. The van der Waals surface area contributed by atoms with Crippen molar-refractivity contribution in [3.8, 4) is 0 Å². The van der Waals surface area contributed by atoms with Crippen molar-refractivity contribution in [2.45, 2.75) is 20.8 Å². The minimum absolute atomic E-state index is 0. The van der Waals surface area contributed by atoms with Crippen LogP contribution in [0, 0.1) is 0 Å². The molecule has 0 aliphatic rings. The fourth-order valence-electron chi connectivity index (χ4n) is 0.354. The maximum absolute atomic E-state index is 3.61. The Hall–Kier alpha value is -1.08. The van der Waals surface area contributed by atoms with E-state index in [0.29, 0.717) is 0 Å². The molecule has 0 atom stereocenters. The largest absolute Gasteiger partial charge is 0.412 e. The second kappa shape index (κ2) is 16.5. The molecule has 1 heteroatoms. The highest BCUT2D eigenvalue weighted by Crippen LogP contribution is 1.91. The van der Waals surface area contributed by atoms with E-state index in [0.717, 1.165) is 5.57 Å². The SMILES string of the molecule is C=C/C=C/C=C(/C)C=C.CC.O.[HH]. The Morgan fingerprint density at radius 2 is 1.67 bits per heavy atom. The molecule has 72 valence electrons. The molecule has 12 heavy (non-hydrogen) atoms. The summed E-state index contributed by atoms with van der Waals surface area (Å²) in [5.74, 6) is 0. The van der Waals surface area contributed by atoms with Gasteiger partial charge >= 0.3 is 0 Å². The third-order valence-electron chi connectivity index (χ3n) is 0.928. The average Bonchev–Trinajstić information content (AvgIpc) is 2.08. The molecule has 0 fully saturated rings. The van der Waals surface area contributed by atoms with Crippen LogP contribution in [-0.2, 0) is 0 Å². The van der Waals surface area contributed by atoms with Crippen molar-refractivity contribution in [2.24, 2.45) is 0 Å². The molecular weight excluding hydrogens is 148 g/mol. The first-order chi connectivity index (χ1) is 5.31. The average molecular weight is 170 g/mol. The molecule has 2 N–H and O–H groups in total. The van der Waals surface area contributed by atoms with Gasteiger partial charge in [-0.3, -0.25) is 0 Å². The van der Waals surface area contributed by atoms with Crippen molar-refractivity contribution in [3.05, 3.63) is 49.1 Å². The third kappa shape index (κ3) is 16.0. The monoisotopic (exact) mass is 170 g/mol. The van der Waals surface area contributed by atoms with Gasteiger partial charge in [-0.05, 0) is 6.92 Å². The quantitative estimate of drug-likeness (QED) is 0.582. The zero-order valence-corrected chi connectivity index (χ0v) is 8.30. The van der Waals surface area contributed by atoms with Crippen molar-refractivity contribution >= 4 is 0 Å². The van der Waals surface area contributed by atoms with Crippen LogP contribution >= 0.6 is 0 Å². The number of allylic oxidation sites excluding steroid dienone is 6. The zero-order chi connectivity index (χ0) is 9.11. The van der Waals surface area contributed by atoms with Crippen molar-refractivity contribution < 1.29 is 6.90 Å². The first kappa shape index (κ1) is 17.1. The summed E-state index contributed by atoms with van der Waals surface area (Å²) < 4.78 is 0. The van der Waals surface area contributed by atoms with Crippen LogP contribution in [0.3, 0.4) is 0 Å². The van der Waals surface area contributed by atoms with Gasteiger partial charge in [-0.2, -0.15) is 0 Å². The van der Waals surface area contributed by atoms with Gasteiger partial charge in [-0.1, -0.05) is 63.0 Å². The minimum atomic E-state index is 0. The van der Waals surface area contributed by atoms with E-state index in [1.54, 1.807) is 6.08 Å². The van der Waals surface area contributed by atoms with Crippen LogP contribution < -0.4 is 0 Å². The van der Waals surface area contributed by atoms with Crippen LogP contribution in [-0.4, -0.2) is 5.48 Å². The van der Waals surface area contributed by atoms with Crippen LogP contribution in [0.15, 0.2) is 49.1 Å². The summed E-state index contributed by atoms with van der Waals surface area (Å²) in [5.41, 5.74) is 1.16. The van der Waals surface area contributed by atoms with E-state index < -0.39 is 0 Å². The Kier molecular flexibility index (Phi) is 23.5. The summed E-state index contributed by atoms with van der Waals surface area (Å²) >= 11 is 0. The van der Waals surface area contributed by atoms with E-state index in [1.165, 1.54) is 0 Å². The molecule has 0 aromatic rings. The lowest BCUT2D eigenvalue weighted by Crippen LogP contribution is -1.60. The van der Waals surface area contributed by atoms with Gasteiger partial charge < -0.3 is 5.48 Å². The molecule has 0 spiro atoms. The molecule has 0 heterocycles. The summed E-state index contributed by atoms with van der Waals surface area (Å²) in [5, 5.41) is 0. The Labute approximate surface area is 77.6 Å². The fraction of sp³-hybridized carbons (Fsp3) is 0.273. The highest BCUT2D eigenvalue weighted by atomic mass is 16.0.